The summed E-state index contributed by atoms with van der Waals surface area (Å²) in [7, 11) is 1.75. The van der Waals surface area contributed by atoms with Gasteiger partial charge in [0.25, 0.3) is 0 Å². The predicted molar refractivity (Wildman–Crippen MR) is 85.3 cm³/mol. The van der Waals surface area contributed by atoms with Gasteiger partial charge in [0.05, 0.1) is 6.42 Å². The molecule has 3 heteroatoms. The highest BCUT2D eigenvalue weighted by molar-refractivity contribution is 5.78. The molecule has 116 valence electrons. The molecule has 0 radical (unpaired) electrons. The van der Waals surface area contributed by atoms with Crippen LogP contribution in [0.15, 0.2) is 24.3 Å². The van der Waals surface area contributed by atoms with E-state index in [9.17, 15) is 4.79 Å². The summed E-state index contributed by atoms with van der Waals surface area (Å²) in [5, 5.41) is 0. The Labute approximate surface area is 128 Å². The van der Waals surface area contributed by atoms with Crippen molar-refractivity contribution >= 4 is 5.91 Å². The lowest BCUT2D eigenvalue weighted by atomic mass is 9.93. The van der Waals surface area contributed by atoms with Gasteiger partial charge in [-0.1, -0.05) is 29.8 Å². The summed E-state index contributed by atoms with van der Waals surface area (Å²) < 4.78 is 5.12. The molecule has 0 N–H and O–H groups in total. The fraction of sp³-hybridized carbons (Fsp3) is 0.611. The summed E-state index contributed by atoms with van der Waals surface area (Å²) in [6.45, 7) is 4.74. The first-order valence-corrected chi connectivity index (χ1v) is 8.01. The van der Waals surface area contributed by atoms with Gasteiger partial charge in [0.2, 0.25) is 5.91 Å². The van der Waals surface area contributed by atoms with Crippen LogP contribution in [0.4, 0.5) is 0 Å². The molecule has 0 aliphatic carbocycles. The number of hydrogen-bond acceptors (Lipinski definition) is 2. The summed E-state index contributed by atoms with van der Waals surface area (Å²) in [4.78, 5) is 14.5. The third-order valence-electron chi connectivity index (χ3n) is 4.27. The number of amides is 1. The maximum absolute atomic E-state index is 12.5. The number of methoxy groups -OCH3 is 1. The molecule has 1 heterocycles. The van der Waals surface area contributed by atoms with Crippen LogP contribution in [0.5, 0.6) is 0 Å². The van der Waals surface area contributed by atoms with Crippen LogP contribution in [0.1, 0.15) is 36.8 Å². The van der Waals surface area contributed by atoms with Crippen LogP contribution in [-0.2, 0) is 16.0 Å². The van der Waals surface area contributed by atoms with Gasteiger partial charge in [-0.25, -0.2) is 0 Å². The standard InChI is InChI=1S/C18H27NO2/c1-15-6-3-7-17(12-15)13-18(20)19-10-4-8-16(14-19)9-5-11-21-2/h3,6-7,12,16H,4-5,8-11,13-14H2,1-2H3. The van der Waals surface area contributed by atoms with E-state index in [4.69, 9.17) is 4.74 Å². The zero-order valence-electron chi connectivity index (χ0n) is 13.3. The van der Waals surface area contributed by atoms with Crippen molar-refractivity contribution in [2.24, 2.45) is 5.92 Å². The van der Waals surface area contributed by atoms with E-state index in [-0.39, 0.29) is 5.91 Å². The van der Waals surface area contributed by atoms with Gasteiger partial charge in [-0.3, -0.25) is 4.79 Å². The summed E-state index contributed by atoms with van der Waals surface area (Å²) in [6, 6.07) is 8.26. The lowest BCUT2D eigenvalue weighted by Crippen LogP contribution is -2.40. The van der Waals surface area contributed by atoms with Gasteiger partial charge < -0.3 is 9.64 Å². The highest BCUT2D eigenvalue weighted by Crippen LogP contribution is 2.21. The smallest absolute Gasteiger partial charge is 0.226 e. The molecule has 1 aromatic rings. The highest BCUT2D eigenvalue weighted by atomic mass is 16.5. The molecule has 1 aliphatic rings. The number of nitrogens with zero attached hydrogens (tertiary/aromatic N) is 1. The highest BCUT2D eigenvalue weighted by Gasteiger charge is 2.23. The number of benzene rings is 1. The molecular formula is C18H27NO2. The normalized spacial score (nSPS) is 18.8. The minimum absolute atomic E-state index is 0.275. The molecule has 1 aromatic carbocycles. The SMILES string of the molecule is COCCCC1CCCN(C(=O)Cc2cccc(C)c2)C1. The minimum Gasteiger partial charge on any atom is -0.385 e. The monoisotopic (exact) mass is 289 g/mol. The maximum atomic E-state index is 12.5. The van der Waals surface area contributed by atoms with Crippen molar-refractivity contribution in [2.45, 2.75) is 39.0 Å². The van der Waals surface area contributed by atoms with E-state index in [1.807, 2.05) is 12.1 Å². The van der Waals surface area contributed by atoms with Crippen molar-refractivity contribution in [3.05, 3.63) is 35.4 Å². The van der Waals surface area contributed by atoms with E-state index in [1.165, 1.54) is 18.4 Å². The summed E-state index contributed by atoms with van der Waals surface area (Å²) in [5.74, 6) is 0.924. The Hall–Kier alpha value is -1.35. The van der Waals surface area contributed by atoms with E-state index >= 15 is 0 Å². The third kappa shape index (κ3) is 5.16. The lowest BCUT2D eigenvalue weighted by Gasteiger charge is -2.33. The fourth-order valence-corrected chi connectivity index (χ4v) is 3.15. The molecule has 0 aromatic heterocycles. The van der Waals surface area contributed by atoms with E-state index in [2.05, 4.69) is 24.0 Å². The molecule has 1 aliphatic heterocycles. The Morgan fingerprint density at radius 3 is 3.05 bits per heavy atom. The van der Waals surface area contributed by atoms with Crippen molar-refractivity contribution in [2.75, 3.05) is 26.8 Å². The van der Waals surface area contributed by atoms with E-state index in [0.29, 0.717) is 12.3 Å². The number of carbonyl (C=O) groups is 1. The maximum Gasteiger partial charge on any atom is 0.226 e. The first-order valence-electron chi connectivity index (χ1n) is 8.01. The number of rotatable bonds is 6. The van der Waals surface area contributed by atoms with Gasteiger partial charge in [-0.05, 0) is 44.1 Å². The van der Waals surface area contributed by atoms with Crippen LogP contribution < -0.4 is 0 Å². The molecule has 2 rings (SSSR count). The molecule has 0 spiro atoms. The van der Waals surface area contributed by atoms with Crippen molar-refractivity contribution in [1.82, 2.24) is 4.90 Å². The number of ether oxygens (including phenoxy) is 1. The van der Waals surface area contributed by atoms with Gasteiger partial charge in [0.15, 0.2) is 0 Å². The van der Waals surface area contributed by atoms with Gasteiger partial charge in [0, 0.05) is 26.8 Å². The molecule has 1 atom stereocenters. The van der Waals surface area contributed by atoms with Crippen molar-refractivity contribution < 1.29 is 9.53 Å². The van der Waals surface area contributed by atoms with Crippen molar-refractivity contribution in [3.8, 4) is 0 Å². The van der Waals surface area contributed by atoms with Crippen molar-refractivity contribution in [1.29, 1.82) is 0 Å². The summed E-state index contributed by atoms with van der Waals surface area (Å²) >= 11 is 0. The number of hydrogen-bond donors (Lipinski definition) is 0. The fourth-order valence-electron chi connectivity index (χ4n) is 3.15. The molecular weight excluding hydrogens is 262 g/mol. The first kappa shape index (κ1) is 16.0. The largest absolute Gasteiger partial charge is 0.385 e. The second kappa shape index (κ2) is 8.18. The minimum atomic E-state index is 0.275. The molecule has 1 saturated heterocycles. The second-order valence-corrected chi connectivity index (χ2v) is 6.15. The van der Waals surface area contributed by atoms with E-state index in [0.717, 1.165) is 38.1 Å². The molecule has 1 amide bonds. The van der Waals surface area contributed by atoms with Gasteiger partial charge in [-0.15, -0.1) is 0 Å². The number of aryl methyl sites for hydroxylation is 1. The quantitative estimate of drug-likeness (QED) is 0.753. The zero-order valence-corrected chi connectivity index (χ0v) is 13.3. The first-order chi connectivity index (χ1) is 10.2. The third-order valence-corrected chi connectivity index (χ3v) is 4.27. The predicted octanol–water partition coefficient (Wildman–Crippen LogP) is 3.20. The zero-order chi connectivity index (χ0) is 15.1. The van der Waals surface area contributed by atoms with E-state index in [1.54, 1.807) is 7.11 Å². The van der Waals surface area contributed by atoms with Crippen LogP contribution in [0, 0.1) is 12.8 Å². The molecule has 1 unspecified atom stereocenters. The van der Waals surface area contributed by atoms with Crippen molar-refractivity contribution in [3.63, 3.8) is 0 Å². The molecule has 0 bridgehead atoms. The average Bonchev–Trinajstić information content (AvgIpc) is 2.48. The number of piperidine rings is 1. The Bertz CT molecular complexity index is 458. The van der Waals surface area contributed by atoms with Gasteiger partial charge >= 0.3 is 0 Å². The van der Waals surface area contributed by atoms with Crippen LogP contribution >= 0.6 is 0 Å². The van der Waals surface area contributed by atoms with Crippen LogP contribution in [0.3, 0.4) is 0 Å². The summed E-state index contributed by atoms with van der Waals surface area (Å²) in [6.07, 6.45) is 5.19. The van der Waals surface area contributed by atoms with Gasteiger partial charge in [-0.2, -0.15) is 0 Å². The van der Waals surface area contributed by atoms with Crippen LogP contribution in [-0.4, -0.2) is 37.6 Å². The molecule has 21 heavy (non-hydrogen) atoms. The molecule has 0 saturated carbocycles. The summed E-state index contributed by atoms with van der Waals surface area (Å²) in [5.41, 5.74) is 2.35. The average molecular weight is 289 g/mol. The topological polar surface area (TPSA) is 29.5 Å². The Morgan fingerprint density at radius 1 is 1.43 bits per heavy atom. The number of likely N-dealkylation sites (tertiary alicyclic amines) is 1. The second-order valence-electron chi connectivity index (χ2n) is 6.15. The lowest BCUT2D eigenvalue weighted by molar-refractivity contribution is -0.132. The Balaban J connectivity index is 1.84. The Kier molecular flexibility index (Phi) is 6.24. The van der Waals surface area contributed by atoms with Crippen LogP contribution in [0.25, 0.3) is 0 Å². The Morgan fingerprint density at radius 2 is 2.29 bits per heavy atom. The van der Waals surface area contributed by atoms with Crippen LogP contribution in [0.2, 0.25) is 0 Å². The van der Waals surface area contributed by atoms with Gasteiger partial charge in [0.1, 0.15) is 0 Å². The van der Waals surface area contributed by atoms with E-state index < -0.39 is 0 Å². The number of carbonyl (C=O) groups excluding carboxylic acids is 1. The molecule has 3 nitrogen and oxygen atoms in total. The molecule has 1 fully saturated rings.